The normalized spacial score (nSPS) is 15.4. The van der Waals surface area contributed by atoms with Gasteiger partial charge >= 0.3 is 23.9 Å². The molecule has 0 amide bonds. The highest BCUT2D eigenvalue weighted by atomic mass is 16.8. The second-order valence-electron chi connectivity index (χ2n) is 35.6. The molecule has 664 valence electrons. The van der Waals surface area contributed by atoms with Gasteiger partial charge in [0.15, 0.2) is 11.6 Å². The van der Waals surface area contributed by atoms with Crippen molar-refractivity contribution in [2.75, 3.05) is 80.9 Å². The molecular formula is C98H190N2O12. The molecule has 0 aromatic rings. The molecule has 14 nitrogen and oxygen atoms in total. The summed E-state index contributed by atoms with van der Waals surface area (Å²) in [4.78, 5) is 54.2. The van der Waals surface area contributed by atoms with Crippen molar-refractivity contribution in [3.05, 3.63) is 0 Å². The van der Waals surface area contributed by atoms with Gasteiger partial charge in [-0.05, 0) is 142 Å². The zero-order valence-electron chi connectivity index (χ0n) is 76.6. The van der Waals surface area contributed by atoms with Crippen LogP contribution in [0.2, 0.25) is 0 Å². The molecule has 2 rings (SSSR count). The third-order valence-electron chi connectivity index (χ3n) is 24.3. The molecule has 2 saturated heterocycles. The van der Waals surface area contributed by atoms with Gasteiger partial charge in [-0.25, -0.2) is 0 Å². The van der Waals surface area contributed by atoms with E-state index in [9.17, 15) is 19.2 Å². The highest BCUT2D eigenvalue weighted by molar-refractivity contribution is 5.70. The number of nitrogens with zero attached hydrogens (tertiary/aromatic N) is 2. The molecule has 2 heterocycles. The van der Waals surface area contributed by atoms with Crippen LogP contribution >= 0.6 is 0 Å². The molecule has 0 N–H and O–H groups in total. The Morgan fingerprint density at radius 3 is 0.670 bits per heavy atom. The average Bonchev–Trinajstić information content (AvgIpc) is 1.70. The number of ether oxygens (including phenoxy) is 8. The maximum absolute atomic E-state index is 12.4. The molecule has 2 aliphatic rings. The Balaban J connectivity index is 0.00000112. The highest BCUT2D eigenvalue weighted by Gasteiger charge is 2.41. The van der Waals surface area contributed by atoms with Crippen molar-refractivity contribution in [3.8, 4) is 0 Å². The molecule has 0 saturated carbocycles. The lowest BCUT2D eigenvalue weighted by Crippen LogP contribution is -2.31. The van der Waals surface area contributed by atoms with Crippen molar-refractivity contribution in [1.82, 2.24) is 9.80 Å². The monoisotopic (exact) mass is 1590 g/mol. The first-order valence-electron chi connectivity index (χ1n) is 49.1. The van der Waals surface area contributed by atoms with E-state index >= 15 is 0 Å². The van der Waals surface area contributed by atoms with E-state index in [1.165, 1.54) is 205 Å². The van der Waals surface area contributed by atoms with Gasteiger partial charge in [0.1, 0.15) is 0 Å². The quantitative estimate of drug-likeness (QED) is 0.0323. The van der Waals surface area contributed by atoms with Crippen molar-refractivity contribution in [2.45, 2.75) is 503 Å². The lowest BCUT2D eigenvalue weighted by molar-refractivity contribution is -0.180. The van der Waals surface area contributed by atoms with Gasteiger partial charge in [0.25, 0.3) is 0 Å². The van der Waals surface area contributed by atoms with Crippen LogP contribution in [0.1, 0.15) is 479 Å². The van der Waals surface area contributed by atoms with E-state index < -0.39 is 11.6 Å². The zero-order chi connectivity index (χ0) is 81.9. The summed E-state index contributed by atoms with van der Waals surface area (Å²) in [6.45, 7) is 23.9. The topological polar surface area (TPSA) is 149 Å². The lowest BCUT2D eigenvalue weighted by atomic mass is 9.92. The molecular weight excluding hydrogens is 1400 g/mol. The Kier molecular flexibility index (Phi) is 74.3. The van der Waals surface area contributed by atoms with E-state index in [-0.39, 0.29) is 36.1 Å². The molecule has 14 heteroatoms. The summed E-state index contributed by atoms with van der Waals surface area (Å²) >= 11 is 0. The van der Waals surface area contributed by atoms with Gasteiger partial charge in [0.05, 0.1) is 51.8 Å². The SMILES string of the molecule is CCCCCC(CCCCC)CCOC(=O)CCCCCCCC1(CCCCCCCC(=O)OCCC(CCCCC)CCCCC)OCC(CCN(C)C)O1.CCCCCC(CCCCC)CCOC(=O)CCCCCCCC1(CCCCCCCC(=O)OCCC(CCCCC)CCCCC)OCC(CCN(C)C)O1. The summed E-state index contributed by atoms with van der Waals surface area (Å²) in [6, 6.07) is 0. The van der Waals surface area contributed by atoms with Crippen LogP contribution in [0.3, 0.4) is 0 Å². The van der Waals surface area contributed by atoms with Crippen LogP contribution in [0, 0.1) is 23.7 Å². The van der Waals surface area contributed by atoms with Crippen LogP contribution in [0.15, 0.2) is 0 Å². The van der Waals surface area contributed by atoms with Crippen molar-refractivity contribution >= 4 is 23.9 Å². The van der Waals surface area contributed by atoms with E-state index in [1.807, 2.05) is 0 Å². The van der Waals surface area contributed by atoms with Crippen LogP contribution in [0.4, 0.5) is 0 Å². The van der Waals surface area contributed by atoms with Crippen molar-refractivity contribution in [2.24, 2.45) is 23.7 Å². The van der Waals surface area contributed by atoms with E-state index in [1.54, 1.807) is 0 Å². The zero-order valence-corrected chi connectivity index (χ0v) is 76.6. The summed E-state index contributed by atoms with van der Waals surface area (Å²) in [7, 11) is 8.46. The second kappa shape index (κ2) is 77.3. The molecule has 2 fully saturated rings. The van der Waals surface area contributed by atoms with E-state index in [0.29, 0.717) is 89.0 Å². The molecule has 2 aliphatic heterocycles. The fraction of sp³-hybridized carbons (Fsp3) is 0.959. The Hall–Kier alpha value is -2.36. The molecule has 0 aromatic carbocycles. The van der Waals surface area contributed by atoms with Crippen LogP contribution in [0.25, 0.3) is 0 Å². The van der Waals surface area contributed by atoms with E-state index in [0.717, 1.165) is 206 Å². The molecule has 0 aliphatic carbocycles. The maximum Gasteiger partial charge on any atom is 0.305 e. The Bertz CT molecular complexity index is 1780. The first-order valence-corrected chi connectivity index (χ1v) is 49.1. The van der Waals surface area contributed by atoms with Gasteiger partial charge in [0, 0.05) is 64.5 Å². The number of hydrogen-bond acceptors (Lipinski definition) is 14. The third-order valence-corrected chi connectivity index (χ3v) is 24.3. The largest absolute Gasteiger partial charge is 0.466 e. The lowest BCUT2D eigenvalue weighted by Gasteiger charge is -2.29. The molecule has 0 radical (unpaired) electrons. The van der Waals surface area contributed by atoms with Gasteiger partial charge in [0.2, 0.25) is 0 Å². The molecule has 0 spiro atoms. The predicted octanol–water partition coefficient (Wildman–Crippen LogP) is 27.9. The van der Waals surface area contributed by atoms with Crippen molar-refractivity contribution in [1.29, 1.82) is 0 Å². The number of carbonyl (C=O) groups is 4. The standard InChI is InChI=1S/2C49H95NO6/c2*1-7-11-21-29-44(30-22-12-8-2)36-41-53-47(51)33-25-17-15-19-27-38-49(55-43-46(56-49)35-40-50(5)6)39-28-20-16-18-26-34-48(52)54-42-37-45(31-23-13-9-3)32-24-14-10-4/h2*44-46H,7-43H2,1-6H3. The van der Waals surface area contributed by atoms with E-state index in [2.05, 4.69) is 93.4 Å². The summed E-state index contributed by atoms with van der Waals surface area (Å²) in [5.74, 6) is 1.83. The fourth-order valence-corrected chi connectivity index (χ4v) is 16.7. The number of rotatable bonds is 82. The second-order valence-corrected chi connectivity index (χ2v) is 35.6. The molecule has 2 unspecified atom stereocenters. The van der Waals surface area contributed by atoms with Crippen molar-refractivity contribution < 1.29 is 57.1 Å². The smallest absolute Gasteiger partial charge is 0.305 e. The minimum atomic E-state index is -0.458. The number of unbranched alkanes of at least 4 members (excludes halogenated alkanes) is 32. The molecule has 0 bridgehead atoms. The van der Waals surface area contributed by atoms with E-state index in [4.69, 9.17) is 37.9 Å². The van der Waals surface area contributed by atoms with Gasteiger partial charge in [-0.15, -0.1) is 0 Å². The fourth-order valence-electron chi connectivity index (χ4n) is 16.7. The van der Waals surface area contributed by atoms with Crippen LogP contribution in [-0.2, 0) is 57.1 Å². The van der Waals surface area contributed by atoms with Crippen LogP contribution in [-0.4, -0.2) is 138 Å². The molecule has 2 atom stereocenters. The summed E-state index contributed by atoms with van der Waals surface area (Å²) in [5.41, 5.74) is 0. The van der Waals surface area contributed by atoms with Crippen LogP contribution in [0.5, 0.6) is 0 Å². The number of carbonyl (C=O) groups excluding carboxylic acids is 4. The van der Waals surface area contributed by atoms with Gasteiger partial charge in [-0.3, -0.25) is 19.2 Å². The first kappa shape index (κ1) is 108. The van der Waals surface area contributed by atoms with Crippen molar-refractivity contribution in [3.63, 3.8) is 0 Å². The minimum Gasteiger partial charge on any atom is -0.466 e. The van der Waals surface area contributed by atoms with Gasteiger partial charge in [-0.1, -0.05) is 338 Å². The highest BCUT2D eigenvalue weighted by Crippen LogP contribution is 2.38. The summed E-state index contributed by atoms with van der Waals surface area (Å²) in [5, 5.41) is 0. The Morgan fingerprint density at radius 1 is 0.277 bits per heavy atom. The van der Waals surface area contributed by atoms with Gasteiger partial charge in [-0.2, -0.15) is 0 Å². The Morgan fingerprint density at radius 2 is 0.473 bits per heavy atom. The van der Waals surface area contributed by atoms with Gasteiger partial charge < -0.3 is 47.7 Å². The third kappa shape index (κ3) is 64.6. The summed E-state index contributed by atoms with van der Waals surface area (Å²) < 4.78 is 48.9. The molecule has 112 heavy (non-hydrogen) atoms. The van der Waals surface area contributed by atoms with Crippen LogP contribution < -0.4 is 0 Å². The average molecular weight is 1590 g/mol. The maximum atomic E-state index is 12.4. The Labute approximate surface area is 694 Å². The number of hydrogen-bond donors (Lipinski definition) is 0. The predicted molar refractivity (Wildman–Crippen MR) is 472 cm³/mol. The minimum absolute atomic E-state index is 0.0176. The first-order chi connectivity index (χ1) is 54.5. The molecule has 0 aromatic heterocycles. The number of esters is 4. The summed E-state index contributed by atoms with van der Waals surface area (Å²) in [6.07, 6.45) is 74.9.